The van der Waals surface area contributed by atoms with Crippen LogP contribution in [0.2, 0.25) is 0 Å². The molecular weight excluding hydrogens is 417 g/mol. The molecule has 0 saturated carbocycles. The third kappa shape index (κ3) is 2.68. The molecule has 0 amide bonds. The van der Waals surface area contributed by atoms with Gasteiger partial charge in [-0.2, -0.15) is 0 Å². The highest BCUT2D eigenvalue weighted by atomic mass is 16.5. The molecule has 2 aliphatic heterocycles. The van der Waals surface area contributed by atoms with Crippen molar-refractivity contribution in [2.45, 2.75) is 58.3 Å². The van der Waals surface area contributed by atoms with Gasteiger partial charge in [0.2, 0.25) is 0 Å². The van der Waals surface area contributed by atoms with Gasteiger partial charge in [0.1, 0.15) is 23.0 Å². The first-order chi connectivity index (χ1) is 16.2. The number of ether oxygens (including phenoxy) is 2. The van der Waals surface area contributed by atoms with Crippen LogP contribution in [0.25, 0.3) is 10.9 Å². The summed E-state index contributed by atoms with van der Waals surface area (Å²) in [5.41, 5.74) is 8.82. The summed E-state index contributed by atoms with van der Waals surface area (Å²) < 4.78 is 13.1. The Balaban J connectivity index is 1.55. The van der Waals surface area contributed by atoms with E-state index in [0.717, 1.165) is 44.9 Å². The number of nitrogens with zero attached hydrogens (tertiary/aromatic N) is 1. The maximum absolute atomic E-state index is 6.64. The lowest BCUT2D eigenvalue weighted by molar-refractivity contribution is 0.330. The Kier molecular flexibility index (Phi) is 3.82. The van der Waals surface area contributed by atoms with Crippen molar-refractivity contribution >= 4 is 34.0 Å². The van der Waals surface area contributed by atoms with Crippen molar-refractivity contribution in [3.05, 3.63) is 71.4 Å². The number of hydrogen-bond acceptors (Lipinski definition) is 3. The Morgan fingerprint density at radius 3 is 2.09 bits per heavy atom. The predicted octanol–water partition coefficient (Wildman–Crippen LogP) is 5.62. The smallest absolute Gasteiger partial charge is 0.260 e. The van der Waals surface area contributed by atoms with Crippen molar-refractivity contribution in [2.24, 2.45) is 0 Å². The minimum atomic E-state index is 0.0776. The van der Waals surface area contributed by atoms with Crippen LogP contribution in [0.4, 0.5) is 0 Å². The van der Waals surface area contributed by atoms with E-state index in [9.17, 15) is 0 Å². The maximum atomic E-state index is 6.64. The van der Waals surface area contributed by atoms with E-state index < -0.39 is 0 Å². The van der Waals surface area contributed by atoms with Gasteiger partial charge in [0, 0.05) is 17.7 Å². The number of aromatic nitrogens is 1. The van der Waals surface area contributed by atoms with Gasteiger partial charge in [-0.05, 0) is 87.9 Å². The average Bonchev–Trinajstić information content (AvgIpc) is 2.79. The van der Waals surface area contributed by atoms with Crippen molar-refractivity contribution in [1.82, 2.24) is 4.98 Å². The molecule has 3 aliphatic rings. The number of fused-ring (bicyclic) bond motifs is 6. The predicted molar refractivity (Wildman–Crippen MR) is 139 cm³/mol. The van der Waals surface area contributed by atoms with Gasteiger partial charge < -0.3 is 9.47 Å². The van der Waals surface area contributed by atoms with Crippen LogP contribution in [0.1, 0.15) is 57.2 Å². The molecule has 3 nitrogen and oxygen atoms in total. The largest absolute Gasteiger partial charge is 0.458 e. The van der Waals surface area contributed by atoms with Gasteiger partial charge in [-0.15, -0.1) is 0 Å². The summed E-state index contributed by atoms with van der Waals surface area (Å²) in [5.74, 6) is 3.69. The lowest BCUT2D eigenvalue weighted by Crippen LogP contribution is -2.58. The highest BCUT2D eigenvalue weighted by Crippen LogP contribution is 2.47. The van der Waals surface area contributed by atoms with Crippen molar-refractivity contribution < 1.29 is 9.47 Å². The standard InChI is InChI=1S/C30H28BNO2/c1-17-11-26-28-27(12-17)34-25-16-23-18(7-6-10-32-23)13-21(25)31(28)22-14-19-20(15-24(22)33-26)30(4,5)9-8-29(19,2)3/h6-7,10-16H,8-9H2,1-5H3. The first-order valence-corrected chi connectivity index (χ1v) is 12.3. The molecule has 0 spiro atoms. The summed E-state index contributed by atoms with van der Waals surface area (Å²) >= 11 is 0. The Hall–Kier alpha value is -3.27. The van der Waals surface area contributed by atoms with Gasteiger partial charge in [0.05, 0.1) is 5.52 Å². The fourth-order valence-electron chi connectivity index (χ4n) is 6.26. The number of aryl methyl sites for hydroxylation is 1. The quantitative estimate of drug-likeness (QED) is 0.285. The van der Waals surface area contributed by atoms with Crippen LogP contribution in [0.3, 0.4) is 0 Å². The molecule has 0 N–H and O–H groups in total. The fraction of sp³-hybridized carbons (Fsp3) is 0.300. The Bertz CT molecular complexity index is 1540. The van der Waals surface area contributed by atoms with E-state index in [-0.39, 0.29) is 17.5 Å². The molecular formula is C30H28BNO2. The molecule has 0 fully saturated rings. The molecule has 0 bridgehead atoms. The first-order valence-electron chi connectivity index (χ1n) is 12.3. The molecule has 0 saturated heterocycles. The van der Waals surface area contributed by atoms with E-state index in [0.29, 0.717) is 0 Å². The molecule has 4 heteroatoms. The van der Waals surface area contributed by atoms with Crippen LogP contribution >= 0.6 is 0 Å². The highest BCUT2D eigenvalue weighted by Gasteiger charge is 2.44. The van der Waals surface area contributed by atoms with Crippen molar-refractivity contribution in [2.75, 3.05) is 0 Å². The van der Waals surface area contributed by atoms with Crippen LogP contribution in [0, 0.1) is 6.92 Å². The number of benzene rings is 3. The summed E-state index contributed by atoms with van der Waals surface area (Å²) in [5, 5.41) is 1.13. The number of hydrogen-bond donors (Lipinski definition) is 0. The minimum Gasteiger partial charge on any atom is -0.458 e. The lowest BCUT2D eigenvalue weighted by atomic mass is 9.34. The Morgan fingerprint density at radius 2 is 1.38 bits per heavy atom. The fourth-order valence-corrected chi connectivity index (χ4v) is 6.26. The molecule has 0 unspecified atom stereocenters. The van der Waals surface area contributed by atoms with Gasteiger partial charge in [-0.3, -0.25) is 4.98 Å². The second-order valence-electron chi connectivity index (χ2n) is 11.6. The van der Waals surface area contributed by atoms with Gasteiger partial charge in [-0.25, -0.2) is 0 Å². The Morgan fingerprint density at radius 1 is 0.765 bits per heavy atom. The molecule has 3 aromatic carbocycles. The second kappa shape index (κ2) is 6.44. The van der Waals surface area contributed by atoms with E-state index in [4.69, 9.17) is 9.47 Å². The molecule has 168 valence electrons. The normalized spacial score (nSPS) is 18.2. The first kappa shape index (κ1) is 20.1. The molecule has 7 rings (SSSR count). The maximum Gasteiger partial charge on any atom is 0.260 e. The molecule has 1 aromatic heterocycles. The summed E-state index contributed by atoms with van der Waals surface area (Å²) in [6, 6.07) is 17.6. The van der Waals surface area contributed by atoms with Crippen LogP contribution in [0.5, 0.6) is 23.0 Å². The van der Waals surface area contributed by atoms with Crippen LogP contribution in [-0.2, 0) is 10.8 Å². The lowest BCUT2D eigenvalue weighted by Gasteiger charge is -2.43. The van der Waals surface area contributed by atoms with Gasteiger partial charge in [0.15, 0.2) is 0 Å². The summed E-state index contributed by atoms with van der Waals surface area (Å²) in [7, 11) is 0. The van der Waals surface area contributed by atoms with E-state index >= 15 is 0 Å². The minimum absolute atomic E-state index is 0.0776. The highest BCUT2D eigenvalue weighted by molar-refractivity contribution is 6.98. The van der Waals surface area contributed by atoms with Crippen LogP contribution < -0.4 is 25.9 Å². The van der Waals surface area contributed by atoms with Gasteiger partial charge >= 0.3 is 0 Å². The zero-order chi connectivity index (χ0) is 23.4. The van der Waals surface area contributed by atoms with Crippen molar-refractivity contribution in [1.29, 1.82) is 0 Å². The summed E-state index contributed by atoms with van der Waals surface area (Å²) in [4.78, 5) is 4.58. The molecule has 4 aromatic rings. The third-order valence-corrected chi connectivity index (χ3v) is 8.32. The molecule has 0 radical (unpaired) electrons. The van der Waals surface area contributed by atoms with Crippen LogP contribution in [-0.4, -0.2) is 11.7 Å². The van der Waals surface area contributed by atoms with Gasteiger partial charge in [0.25, 0.3) is 6.71 Å². The van der Waals surface area contributed by atoms with E-state index in [1.165, 1.54) is 34.9 Å². The molecule has 34 heavy (non-hydrogen) atoms. The van der Waals surface area contributed by atoms with Gasteiger partial charge in [-0.1, -0.05) is 45.9 Å². The van der Waals surface area contributed by atoms with Crippen molar-refractivity contribution in [3.8, 4) is 23.0 Å². The zero-order valence-corrected chi connectivity index (χ0v) is 20.5. The zero-order valence-electron chi connectivity index (χ0n) is 20.5. The molecule has 1 aliphatic carbocycles. The Labute approximate surface area is 201 Å². The SMILES string of the molecule is Cc1cc2c3c(c1)Oc1cc4ncccc4cc1B3c1cc3c(cc1O2)C(C)(C)CCC3(C)C. The van der Waals surface area contributed by atoms with E-state index in [1.54, 1.807) is 0 Å². The number of pyridine rings is 1. The summed E-state index contributed by atoms with van der Waals surface area (Å²) in [6.07, 6.45) is 4.21. The summed E-state index contributed by atoms with van der Waals surface area (Å²) in [6.45, 7) is 11.7. The molecule has 0 atom stereocenters. The second-order valence-corrected chi connectivity index (χ2v) is 11.6. The molecule has 3 heterocycles. The van der Waals surface area contributed by atoms with E-state index in [2.05, 4.69) is 82.1 Å². The topological polar surface area (TPSA) is 31.4 Å². The van der Waals surface area contributed by atoms with Crippen molar-refractivity contribution in [3.63, 3.8) is 0 Å². The number of rotatable bonds is 0. The van der Waals surface area contributed by atoms with E-state index in [1.807, 2.05) is 12.3 Å². The average molecular weight is 445 g/mol. The van der Waals surface area contributed by atoms with Crippen LogP contribution in [0.15, 0.2) is 54.7 Å². The monoisotopic (exact) mass is 445 g/mol. The third-order valence-electron chi connectivity index (χ3n) is 8.32.